The first-order valence-electron chi connectivity index (χ1n) is 19.3. The van der Waals surface area contributed by atoms with E-state index in [2.05, 4.69) is 24.5 Å². The lowest BCUT2D eigenvalue weighted by molar-refractivity contribution is -0.165. The van der Waals surface area contributed by atoms with E-state index in [9.17, 15) is 28.8 Å². The van der Waals surface area contributed by atoms with Gasteiger partial charge in [0.2, 0.25) is 17.6 Å². The lowest BCUT2D eigenvalue weighted by Crippen LogP contribution is -2.62. The predicted molar refractivity (Wildman–Crippen MR) is 191 cm³/mol. The molecule has 12 heteroatoms. The molecule has 1 aromatic rings. The van der Waals surface area contributed by atoms with Gasteiger partial charge in [-0.3, -0.25) is 19.2 Å². The van der Waals surface area contributed by atoms with Gasteiger partial charge in [0, 0.05) is 13.1 Å². The van der Waals surface area contributed by atoms with Crippen molar-refractivity contribution in [3.63, 3.8) is 0 Å². The van der Waals surface area contributed by atoms with E-state index in [0.29, 0.717) is 19.4 Å². The number of nitrogens with zero attached hydrogens (tertiary/aromatic N) is 2. The number of amides is 4. The first-order valence-corrected chi connectivity index (χ1v) is 19.3. The fraction of sp³-hybridized carbons (Fsp3) is 0.700. The van der Waals surface area contributed by atoms with Crippen LogP contribution in [0.5, 0.6) is 0 Å². The van der Waals surface area contributed by atoms with E-state index in [4.69, 9.17) is 9.47 Å². The molecule has 284 valence electrons. The van der Waals surface area contributed by atoms with Crippen LogP contribution in [-0.4, -0.2) is 88.2 Å². The van der Waals surface area contributed by atoms with Crippen molar-refractivity contribution in [1.82, 2.24) is 20.4 Å². The molecule has 0 bridgehead atoms. The number of piperidine rings is 1. The Morgan fingerprint density at radius 3 is 2.17 bits per heavy atom. The Kier molecular flexibility index (Phi) is 11.0. The summed E-state index contributed by atoms with van der Waals surface area (Å²) in [6.45, 7) is 10.2. The molecule has 0 spiro atoms. The summed E-state index contributed by atoms with van der Waals surface area (Å²) < 4.78 is 11.0. The number of alkyl carbamates (subject to hydrolysis) is 1. The summed E-state index contributed by atoms with van der Waals surface area (Å²) >= 11 is 0. The minimum Gasteiger partial charge on any atom is -0.459 e. The van der Waals surface area contributed by atoms with Crippen LogP contribution >= 0.6 is 0 Å². The van der Waals surface area contributed by atoms with Crippen LogP contribution in [0.4, 0.5) is 4.79 Å². The summed E-state index contributed by atoms with van der Waals surface area (Å²) in [5.74, 6) is -2.83. The zero-order chi connectivity index (χ0) is 37.4. The molecule has 4 amide bonds. The number of hydrogen-bond acceptors (Lipinski definition) is 8. The van der Waals surface area contributed by atoms with E-state index in [1.807, 2.05) is 30.3 Å². The molecule has 6 rings (SSSR count). The Labute approximate surface area is 307 Å². The molecular formula is C40H56N4O8. The average molecular weight is 721 g/mol. The SMILES string of the molecule is CC(C)(C)OC(=O)N[C@H](C(=O)N1CC2C([C@H]1C(=O)NC(CC1CCC1)C(=O)C(=O)N1CC[C@H]1C(=O)OCc1ccccc1)C2(C)C)C1CCCCC1. The maximum absolute atomic E-state index is 14.5. The van der Waals surface area contributed by atoms with Crippen LogP contribution in [0.2, 0.25) is 0 Å². The number of carbonyl (C=O) groups is 6. The highest BCUT2D eigenvalue weighted by Crippen LogP contribution is 2.65. The molecule has 12 nitrogen and oxygen atoms in total. The van der Waals surface area contributed by atoms with Gasteiger partial charge in [-0.25, -0.2) is 9.59 Å². The highest BCUT2D eigenvalue weighted by molar-refractivity contribution is 6.39. The van der Waals surface area contributed by atoms with Gasteiger partial charge in [-0.15, -0.1) is 0 Å². The first kappa shape index (κ1) is 37.8. The van der Waals surface area contributed by atoms with Gasteiger partial charge in [0.1, 0.15) is 30.3 Å². The normalized spacial score (nSPS) is 26.5. The predicted octanol–water partition coefficient (Wildman–Crippen LogP) is 4.53. The molecule has 52 heavy (non-hydrogen) atoms. The highest BCUT2D eigenvalue weighted by atomic mass is 16.6. The van der Waals surface area contributed by atoms with Gasteiger partial charge in [-0.1, -0.05) is 82.7 Å². The maximum atomic E-state index is 14.5. The summed E-state index contributed by atoms with van der Waals surface area (Å²) in [6, 6.07) is 5.60. The monoisotopic (exact) mass is 720 g/mol. The van der Waals surface area contributed by atoms with E-state index in [1.165, 1.54) is 4.90 Å². The van der Waals surface area contributed by atoms with E-state index in [0.717, 1.165) is 56.9 Å². The Morgan fingerprint density at radius 2 is 1.58 bits per heavy atom. The van der Waals surface area contributed by atoms with Gasteiger partial charge in [0.15, 0.2) is 0 Å². The Balaban J connectivity index is 1.17. The zero-order valence-corrected chi connectivity index (χ0v) is 31.4. The average Bonchev–Trinajstić information content (AvgIpc) is 3.36. The molecule has 5 fully saturated rings. The third kappa shape index (κ3) is 8.15. The van der Waals surface area contributed by atoms with Crippen LogP contribution in [0.3, 0.4) is 0 Å². The van der Waals surface area contributed by atoms with Gasteiger partial charge in [0.05, 0.1) is 6.04 Å². The molecular weight excluding hydrogens is 664 g/mol. The quantitative estimate of drug-likeness (QED) is 0.236. The lowest BCUT2D eigenvalue weighted by Gasteiger charge is -2.40. The van der Waals surface area contributed by atoms with Crippen LogP contribution in [0.25, 0.3) is 0 Å². The van der Waals surface area contributed by atoms with Crippen molar-refractivity contribution in [2.75, 3.05) is 13.1 Å². The Hall–Kier alpha value is -3.96. The molecule has 2 saturated heterocycles. The molecule has 2 N–H and O–H groups in total. The third-order valence-electron chi connectivity index (χ3n) is 12.2. The van der Waals surface area contributed by atoms with E-state index >= 15 is 0 Å². The summed E-state index contributed by atoms with van der Waals surface area (Å²) in [7, 11) is 0. The number of Topliss-reactive ketones (excluding diaryl/α,β-unsaturated/α-hetero) is 1. The Bertz CT molecular complexity index is 1530. The number of rotatable bonds is 12. The number of carbonyl (C=O) groups excluding carboxylic acids is 6. The molecule has 6 atom stereocenters. The summed E-state index contributed by atoms with van der Waals surface area (Å²) in [4.78, 5) is 85.3. The van der Waals surface area contributed by atoms with Crippen molar-refractivity contribution in [2.45, 2.75) is 135 Å². The van der Waals surface area contributed by atoms with Crippen molar-refractivity contribution >= 4 is 35.6 Å². The van der Waals surface area contributed by atoms with Crippen LogP contribution in [-0.2, 0) is 40.1 Å². The summed E-state index contributed by atoms with van der Waals surface area (Å²) in [6.07, 6.45) is 7.40. The number of likely N-dealkylation sites (tertiary alicyclic amines) is 2. The molecule has 3 unspecified atom stereocenters. The van der Waals surface area contributed by atoms with E-state index in [1.54, 1.807) is 25.7 Å². The fourth-order valence-corrected chi connectivity index (χ4v) is 8.82. The van der Waals surface area contributed by atoms with Crippen LogP contribution in [0.15, 0.2) is 30.3 Å². The zero-order valence-electron chi connectivity index (χ0n) is 31.4. The minimum absolute atomic E-state index is 0.0660. The largest absolute Gasteiger partial charge is 0.459 e. The standard InChI is InChI=1S/C40H56N4O8/c1-39(2,3)52-38(50)42-31(26-17-10-7-11-18-26)35(47)44-22-27-30(40(27,4)5)32(44)34(46)41-28(21-24-15-12-16-24)33(45)36(48)43-20-19-29(43)37(49)51-23-25-13-8-6-9-14-25/h6,8-9,13-14,24,26-32H,7,10-12,15-23H2,1-5H3,(H,41,46)(H,42,50)/t27?,28?,29-,30?,31-,32-/m0/s1. The first-order chi connectivity index (χ1) is 24.7. The molecule has 3 saturated carbocycles. The summed E-state index contributed by atoms with van der Waals surface area (Å²) in [5.41, 5.74) is -0.116. The van der Waals surface area contributed by atoms with Gasteiger partial charge in [-0.05, 0) is 81.1 Å². The number of benzene rings is 1. The van der Waals surface area contributed by atoms with Crippen molar-refractivity contribution in [3.8, 4) is 0 Å². The number of nitrogens with one attached hydrogen (secondary N) is 2. The molecule has 1 aromatic carbocycles. The summed E-state index contributed by atoms with van der Waals surface area (Å²) in [5, 5.41) is 5.82. The van der Waals surface area contributed by atoms with Gasteiger partial charge < -0.3 is 29.9 Å². The van der Waals surface area contributed by atoms with Crippen LogP contribution in [0, 0.1) is 29.1 Å². The topological polar surface area (TPSA) is 151 Å². The van der Waals surface area contributed by atoms with Crippen molar-refractivity contribution in [2.24, 2.45) is 29.1 Å². The fourth-order valence-electron chi connectivity index (χ4n) is 8.82. The smallest absolute Gasteiger partial charge is 0.408 e. The van der Waals surface area contributed by atoms with Crippen LogP contribution < -0.4 is 10.6 Å². The van der Waals surface area contributed by atoms with E-state index in [-0.39, 0.29) is 48.1 Å². The maximum Gasteiger partial charge on any atom is 0.408 e. The number of esters is 1. The highest BCUT2D eigenvalue weighted by Gasteiger charge is 2.70. The van der Waals surface area contributed by atoms with Crippen molar-refractivity contribution in [1.29, 1.82) is 0 Å². The second kappa shape index (κ2) is 15.2. The Morgan fingerprint density at radius 1 is 0.885 bits per heavy atom. The van der Waals surface area contributed by atoms with Crippen molar-refractivity contribution in [3.05, 3.63) is 35.9 Å². The molecule has 2 heterocycles. The van der Waals surface area contributed by atoms with Crippen molar-refractivity contribution < 1.29 is 38.2 Å². The molecule has 5 aliphatic rings. The third-order valence-corrected chi connectivity index (χ3v) is 12.2. The number of ketones is 1. The number of fused-ring (bicyclic) bond motifs is 1. The van der Waals surface area contributed by atoms with Gasteiger partial charge >= 0.3 is 12.1 Å². The molecule has 2 aliphatic heterocycles. The van der Waals surface area contributed by atoms with Crippen LogP contribution in [0.1, 0.15) is 104 Å². The van der Waals surface area contributed by atoms with Gasteiger partial charge in [-0.2, -0.15) is 0 Å². The van der Waals surface area contributed by atoms with E-state index < -0.39 is 59.4 Å². The lowest BCUT2D eigenvalue weighted by atomic mass is 9.79. The second-order valence-electron chi connectivity index (χ2n) is 17.3. The second-order valence-corrected chi connectivity index (χ2v) is 17.3. The molecule has 0 radical (unpaired) electrons. The number of hydrogen-bond donors (Lipinski definition) is 2. The molecule has 0 aromatic heterocycles. The number of ether oxygens (including phenoxy) is 2. The molecule has 3 aliphatic carbocycles. The van der Waals surface area contributed by atoms with Gasteiger partial charge in [0.25, 0.3) is 5.91 Å². The minimum atomic E-state index is -1.08.